The van der Waals surface area contributed by atoms with E-state index < -0.39 is 6.36 Å². The molecule has 6 heteroatoms. The molecule has 1 heterocycles. The molecule has 0 atom stereocenters. The van der Waals surface area contributed by atoms with Crippen LogP contribution in [0.4, 0.5) is 13.2 Å². The molecule has 1 N–H and O–H groups in total. The summed E-state index contributed by atoms with van der Waals surface area (Å²) in [5.74, 6) is -0.162. The molecule has 0 bridgehead atoms. The molecule has 1 fully saturated rings. The summed E-state index contributed by atoms with van der Waals surface area (Å²) in [6.07, 6.45) is -1.57. The zero-order chi connectivity index (χ0) is 15.1. The van der Waals surface area contributed by atoms with E-state index in [2.05, 4.69) is 15.0 Å². The maximum atomic E-state index is 12.1. The summed E-state index contributed by atoms with van der Waals surface area (Å²) < 4.78 is 40.0. The van der Waals surface area contributed by atoms with E-state index in [-0.39, 0.29) is 5.75 Å². The van der Waals surface area contributed by atoms with Crippen LogP contribution in [0.15, 0.2) is 24.3 Å². The van der Waals surface area contributed by atoms with Crippen LogP contribution in [0.25, 0.3) is 0 Å². The van der Waals surface area contributed by atoms with Crippen LogP contribution in [0.3, 0.4) is 0 Å². The summed E-state index contributed by atoms with van der Waals surface area (Å²) in [6.45, 7) is 5.33. The van der Waals surface area contributed by atoms with Crippen molar-refractivity contribution in [2.24, 2.45) is 0 Å². The maximum absolute atomic E-state index is 12.1. The predicted molar refractivity (Wildman–Crippen MR) is 75.4 cm³/mol. The van der Waals surface area contributed by atoms with E-state index in [0.717, 1.165) is 51.1 Å². The van der Waals surface area contributed by atoms with Gasteiger partial charge in [-0.2, -0.15) is 0 Å². The summed E-state index contributed by atoms with van der Waals surface area (Å²) in [5.41, 5.74) is 1.04. The van der Waals surface area contributed by atoms with Gasteiger partial charge < -0.3 is 15.0 Å². The maximum Gasteiger partial charge on any atom is 0.573 e. The number of alkyl halides is 3. The summed E-state index contributed by atoms with van der Waals surface area (Å²) in [4.78, 5) is 2.43. The lowest BCUT2D eigenvalue weighted by Gasteiger charge is -2.19. The highest BCUT2D eigenvalue weighted by molar-refractivity contribution is 5.27. The van der Waals surface area contributed by atoms with Gasteiger partial charge >= 0.3 is 6.36 Å². The van der Waals surface area contributed by atoms with Crippen molar-refractivity contribution in [2.45, 2.75) is 25.6 Å². The van der Waals surface area contributed by atoms with Crippen LogP contribution in [0.5, 0.6) is 5.75 Å². The molecule has 0 radical (unpaired) electrons. The Balaban J connectivity index is 1.73. The number of ether oxygens (including phenoxy) is 1. The van der Waals surface area contributed by atoms with Crippen molar-refractivity contribution in [3.63, 3.8) is 0 Å². The quantitative estimate of drug-likeness (QED) is 0.905. The molecule has 1 aliphatic heterocycles. The lowest BCUT2D eigenvalue weighted by atomic mass is 10.1. The Morgan fingerprint density at radius 1 is 1.10 bits per heavy atom. The number of nitrogens with zero attached hydrogens (tertiary/aromatic N) is 1. The fourth-order valence-electron chi connectivity index (χ4n) is 2.49. The molecule has 0 spiro atoms. The molecule has 2 rings (SSSR count). The highest BCUT2D eigenvalue weighted by Gasteiger charge is 2.30. The fourth-order valence-corrected chi connectivity index (χ4v) is 2.49. The minimum Gasteiger partial charge on any atom is -0.406 e. The Morgan fingerprint density at radius 3 is 2.57 bits per heavy atom. The van der Waals surface area contributed by atoms with Gasteiger partial charge in [0, 0.05) is 13.1 Å². The average molecular weight is 302 g/mol. The number of rotatable bonds is 5. The van der Waals surface area contributed by atoms with Crippen LogP contribution in [0.1, 0.15) is 18.4 Å². The predicted octanol–water partition coefficient (Wildman–Crippen LogP) is 2.81. The molecule has 1 saturated heterocycles. The zero-order valence-corrected chi connectivity index (χ0v) is 12.0. The molecule has 1 aliphatic rings. The van der Waals surface area contributed by atoms with E-state index in [1.54, 1.807) is 12.1 Å². The van der Waals surface area contributed by atoms with Crippen LogP contribution in [-0.2, 0) is 6.42 Å². The van der Waals surface area contributed by atoms with E-state index in [1.807, 2.05) is 0 Å². The Labute approximate surface area is 123 Å². The van der Waals surface area contributed by atoms with Crippen molar-refractivity contribution in [3.8, 4) is 5.75 Å². The monoisotopic (exact) mass is 302 g/mol. The lowest BCUT2D eigenvalue weighted by molar-refractivity contribution is -0.274. The smallest absolute Gasteiger partial charge is 0.406 e. The second-order valence-electron chi connectivity index (χ2n) is 5.24. The van der Waals surface area contributed by atoms with Gasteiger partial charge in [0.25, 0.3) is 0 Å². The molecule has 118 valence electrons. The fraction of sp³-hybridized carbons (Fsp3) is 0.600. The molecular formula is C15H21F3N2O. The number of halogens is 3. The third kappa shape index (κ3) is 6.35. The normalized spacial score (nSPS) is 17.5. The summed E-state index contributed by atoms with van der Waals surface area (Å²) in [7, 11) is 0. The molecule has 21 heavy (non-hydrogen) atoms. The highest BCUT2D eigenvalue weighted by Crippen LogP contribution is 2.23. The SMILES string of the molecule is FC(F)(F)Oc1ccc(CCCN2CCCNCC2)cc1. The third-order valence-corrected chi connectivity index (χ3v) is 3.53. The standard InChI is InChI=1S/C15H21F3N2O/c16-15(17,18)21-14-6-4-13(5-7-14)3-1-10-20-11-2-8-19-9-12-20/h4-7,19H,1-3,8-12H2. The largest absolute Gasteiger partial charge is 0.573 e. The minimum absolute atomic E-state index is 0.162. The Kier molecular flexibility index (Phi) is 5.87. The number of benzene rings is 1. The van der Waals surface area contributed by atoms with Gasteiger partial charge in [-0.3, -0.25) is 0 Å². The van der Waals surface area contributed by atoms with Crippen molar-refractivity contribution >= 4 is 0 Å². The van der Waals surface area contributed by atoms with E-state index in [1.165, 1.54) is 18.6 Å². The van der Waals surface area contributed by atoms with Crippen LogP contribution in [-0.4, -0.2) is 44.0 Å². The van der Waals surface area contributed by atoms with Gasteiger partial charge in [-0.25, -0.2) is 0 Å². The van der Waals surface area contributed by atoms with Crippen molar-refractivity contribution in [1.82, 2.24) is 10.2 Å². The Hall–Kier alpha value is -1.27. The van der Waals surface area contributed by atoms with Gasteiger partial charge in [0.05, 0.1) is 0 Å². The Bertz CT molecular complexity index is 412. The van der Waals surface area contributed by atoms with Gasteiger partial charge in [0.2, 0.25) is 0 Å². The van der Waals surface area contributed by atoms with E-state index in [4.69, 9.17) is 0 Å². The van der Waals surface area contributed by atoms with Crippen molar-refractivity contribution in [3.05, 3.63) is 29.8 Å². The van der Waals surface area contributed by atoms with Crippen molar-refractivity contribution in [1.29, 1.82) is 0 Å². The first-order chi connectivity index (χ1) is 10.0. The van der Waals surface area contributed by atoms with Gasteiger partial charge in [-0.05, 0) is 56.6 Å². The molecular weight excluding hydrogens is 281 g/mol. The molecule has 0 saturated carbocycles. The first kappa shape index (κ1) is 16.1. The third-order valence-electron chi connectivity index (χ3n) is 3.53. The summed E-state index contributed by atoms with van der Waals surface area (Å²) in [5, 5.41) is 3.36. The average Bonchev–Trinajstić information content (AvgIpc) is 2.68. The van der Waals surface area contributed by atoms with Crippen LogP contribution >= 0.6 is 0 Å². The second kappa shape index (κ2) is 7.66. The van der Waals surface area contributed by atoms with Crippen LogP contribution in [0.2, 0.25) is 0 Å². The number of nitrogens with one attached hydrogen (secondary N) is 1. The van der Waals surface area contributed by atoms with Crippen molar-refractivity contribution < 1.29 is 17.9 Å². The number of hydrogen-bond acceptors (Lipinski definition) is 3. The van der Waals surface area contributed by atoms with Crippen LogP contribution in [0, 0.1) is 0 Å². The van der Waals surface area contributed by atoms with Crippen LogP contribution < -0.4 is 10.1 Å². The number of aryl methyl sites for hydroxylation is 1. The molecule has 0 amide bonds. The lowest BCUT2D eigenvalue weighted by Crippen LogP contribution is -2.29. The molecule has 0 aliphatic carbocycles. The first-order valence-electron chi connectivity index (χ1n) is 7.31. The Morgan fingerprint density at radius 2 is 1.86 bits per heavy atom. The molecule has 1 aromatic rings. The minimum atomic E-state index is -4.62. The van der Waals surface area contributed by atoms with Gasteiger partial charge in [0.15, 0.2) is 0 Å². The zero-order valence-electron chi connectivity index (χ0n) is 12.0. The molecule has 3 nitrogen and oxygen atoms in total. The first-order valence-corrected chi connectivity index (χ1v) is 7.31. The van der Waals surface area contributed by atoms with E-state index in [0.29, 0.717) is 0 Å². The van der Waals surface area contributed by atoms with E-state index in [9.17, 15) is 13.2 Å². The second-order valence-corrected chi connectivity index (χ2v) is 5.24. The molecule has 1 aromatic carbocycles. The van der Waals surface area contributed by atoms with Crippen molar-refractivity contribution in [2.75, 3.05) is 32.7 Å². The van der Waals surface area contributed by atoms with Gasteiger partial charge in [-0.15, -0.1) is 13.2 Å². The summed E-state index contributed by atoms with van der Waals surface area (Å²) >= 11 is 0. The summed E-state index contributed by atoms with van der Waals surface area (Å²) in [6, 6.07) is 6.15. The van der Waals surface area contributed by atoms with Gasteiger partial charge in [-0.1, -0.05) is 12.1 Å². The molecule has 0 aromatic heterocycles. The topological polar surface area (TPSA) is 24.5 Å². The van der Waals surface area contributed by atoms with Gasteiger partial charge in [0.1, 0.15) is 5.75 Å². The van der Waals surface area contributed by atoms with E-state index >= 15 is 0 Å². The highest BCUT2D eigenvalue weighted by atomic mass is 19.4. The number of hydrogen-bond donors (Lipinski definition) is 1. The molecule has 0 unspecified atom stereocenters.